The van der Waals surface area contributed by atoms with Crippen LogP contribution in [0.3, 0.4) is 0 Å². The van der Waals surface area contributed by atoms with E-state index in [1.807, 2.05) is 30.3 Å². The Hall–Kier alpha value is -5.16. The Morgan fingerprint density at radius 2 is 1.59 bits per heavy atom. The Bertz CT molecular complexity index is 1850. The first-order valence-corrected chi connectivity index (χ1v) is 15.3. The second-order valence-corrected chi connectivity index (χ2v) is 11.7. The number of rotatable bonds is 11. The van der Waals surface area contributed by atoms with Crippen molar-refractivity contribution in [3.8, 4) is 5.75 Å². The van der Waals surface area contributed by atoms with Crippen LogP contribution < -0.4 is 9.50 Å². The van der Waals surface area contributed by atoms with Crippen LogP contribution in [0.1, 0.15) is 36.9 Å². The number of esters is 1. The van der Waals surface area contributed by atoms with Crippen molar-refractivity contribution >= 4 is 38.9 Å². The number of nitrogens with one attached hydrogen (secondary N) is 1. The molecule has 0 spiro atoms. The van der Waals surface area contributed by atoms with E-state index in [0.717, 1.165) is 16.3 Å². The average Bonchev–Trinajstić information content (AvgIpc) is 3.01. The molecule has 11 heteroatoms. The van der Waals surface area contributed by atoms with Crippen molar-refractivity contribution in [3.05, 3.63) is 119 Å². The Morgan fingerprint density at radius 3 is 2.34 bits per heavy atom. The van der Waals surface area contributed by atoms with E-state index in [1.54, 1.807) is 55.5 Å². The number of carboxylic acids is 1. The minimum atomic E-state index is -4.32. The molecule has 1 aliphatic rings. The molecule has 0 aromatic heterocycles. The van der Waals surface area contributed by atoms with Crippen LogP contribution in [0, 0.1) is 0 Å². The molecule has 10 nitrogen and oxygen atoms in total. The fourth-order valence-electron chi connectivity index (χ4n) is 5.02. The minimum absolute atomic E-state index is 0.0371. The van der Waals surface area contributed by atoms with Gasteiger partial charge in [-0.15, -0.1) is 0 Å². The van der Waals surface area contributed by atoms with E-state index in [9.17, 15) is 22.8 Å². The van der Waals surface area contributed by atoms with Gasteiger partial charge in [0.25, 0.3) is 0 Å². The van der Waals surface area contributed by atoms with Crippen molar-refractivity contribution in [2.75, 3.05) is 6.54 Å². The van der Waals surface area contributed by atoms with Gasteiger partial charge in [0.05, 0.1) is 11.6 Å². The van der Waals surface area contributed by atoms with E-state index in [-0.39, 0.29) is 53.5 Å². The number of aliphatic carboxylic acids is 1. The smallest absolute Gasteiger partial charge is 0.339 e. The van der Waals surface area contributed by atoms with Gasteiger partial charge in [-0.3, -0.25) is 9.69 Å². The molecule has 0 aliphatic carbocycles. The van der Waals surface area contributed by atoms with Gasteiger partial charge in [-0.25, -0.2) is 9.59 Å². The number of hydrogen-bond donors (Lipinski definition) is 2. The number of carbonyl (C=O) groups excluding carboxylic acids is 2. The van der Waals surface area contributed by atoms with Crippen molar-refractivity contribution < 1.29 is 36.8 Å². The number of benzene rings is 4. The highest BCUT2D eigenvalue weighted by molar-refractivity contribution is 7.87. The zero-order valence-electron chi connectivity index (χ0n) is 23.8. The normalized spacial score (nSPS) is 15.2. The summed E-state index contributed by atoms with van der Waals surface area (Å²) in [5.41, 5.74) is 1.30. The van der Waals surface area contributed by atoms with E-state index in [1.165, 1.54) is 23.1 Å². The lowest BCUT2D eigenvalue weighted by atomic mass is 9.94. The third kappa shape index (κ3) is 6.73. The first-order chi connectivity index (χ1) is 21.1. The third-order valence-corrected chi connectivity index (χ3v) is 8.47. The predicted octanol–water partition coefficient (Wildman–Crippen LogP) is 5.56. The van der Waals surface area contributed by atoms with Crippen LogP contribution in [-0.2, 0) is 31.1 Å². The topological polar surface area (TPSA) is 139 Å². The SMILES string of the molecule is CC1=C(C(=O)OCc2ccccc2)C(c2ccccc2OS(=O)(=O)c2ccc3ccccc3c2)NC(=O)N1CCCC(=O)O. The summed E-state index contributed by atoms with van der Waals surface area (Å²) in [5, 5.41) is 13.4. The molecule has 2 amide bonds. The van der Waals surface area contributed by atoms with E-state index in [4.69, 9.17) is 14.0 Å². The number of ether oxygens (including phenoxy) is 1. The molecule has 4 aromatic rings. The molecule has 1 aliphatic heterocycles. The Morgan fingerprint density at radius 1 is 0.909 bits per heavy atom. The van der Waals surface area contributed by atoms with E-state index >= 15 is 0 Å². The largest absolute Gasteiger partial charge is 0.481 e. The Labute approximate surface area is 254 Å². The van der Waals surface area contributed by atoms with Gasteiger partial charge in [-0.2, -0.15) is 8.42 Å². The van der Waals surface area contributed by atoms with Crippen LogP contribution in [-0.4, -0.2) is 42.9 Å². The molecule has 5 rings (SSSR count). The number of allylic oxidation sites excluding steroid dienone is 1. The van der Waals surface area contributed by atoms with Gasteiger partial charge in [0.1, 0.15) is 17.3 Å². The number of carbonyl (C=O) groups is 3. The van der Waals surface area contributed by atoms with Crippen molar-refractivity contribution in [1.82, 2.24) is 10.2 Å². The number of para-hydroxylation sites is 1. The zero-order valence-corrected chi connectivity index (χ0v) is 24.6. The van der Waals surface area contributed by atoms with Crippen molar-refractivity contribution in [2.24, 2.45) is 0 Å². The van der Waals surface area contributed by atoms with Gasteiger partial charge < -0.3 is 19.3 Å². The molecule has 226 valence electrons. The number of fused-ring (bicyclic) bond motifs is 1. The molecule has 1 heterocycles. The molecule has 4 aromatic carbocycles. The molecule has 44 heavy (non-hydrogen) atoms. The van der Waals surface area contributed by atoms with Crippen molar-refractivity contribution in [1.29, 1.82) is 0 Å². The summed E-state index contributed by atoms with van der Waals surface area (Å²) in [6, 6.07) is 25.6. The lowest BCUT2D eigenvalue weighted by molar-refractivity contribution is -0.141. The van der Waals surface area contributed by atoms with Gasteiger partial charge >= 0.3 is 28.1 Å². The molecular formula is C33H30N2O8S. The zero-order chi connectivity index (χ0) is 31.3. The number of carboxylic acid groups (broad SMARTS) is 1. The highest BCUT2D eigenvalue weighted by Crippen LogP contribution is 2.37. The van der Waals surface area contributed by atoms with Crippen molar-refractivity contribution in [3.63, 3.8) is 0 Å². The molecule has 1 atom stereocenters. The summed E-state index contributed by atoms with van der Waals surface area (Å²) in [6.45, 7) is 1.58. The summed E-state index contributed by atoms with van der Waals surface area (Å²) < 4.78 is 38.2. The summed E-state index contributed by atoms with van der Waals surface area (Å²) in [6.07, 6.45) is -0.0155. The minimum Gasteiger partial charge on any atom is -0.481 e. The maximum atomic E-state index is 13.6. The maximum Gasteiger partial charge on any atom is 0.339 e. The molecule has 1 unspecified atom stereocenters. The molecule has 0 saturated heterocycles. The second kappa shape index (κ2) is 13.0. The van der Waals surface area contributed by atoms with Gasteiger partial charge in [0.15, 0.2) is 0 Å². The quantitative estimate of drug-likeness (QED) is 0.165. The standard InChI is InChI=1S/C33H30N2O8S/c1-22-30(32(38)42-21-23-10-3-2-4-11-23)31(34-33(39)35(22)19-9-16-29(36)37)27-14-7-8-15-28(27)43-44(40,41)26-18-17-24-12-5-6-13-25(24)20-26/h2-8,10-15,17-18,20,31H,9,16,19,21H2,1H3,(H,34,39)(H,36,37). The Balaban J connectivity index is 1.50. The fourth-order valence-corrected chi connectivity index (χ4v) is 6.01. The third-order valence-electron chi connectivity index (χ3n) is 7.24. The molecule has 0 radical (unpaired) electrons. The van der Waals surface area contributed by atoms with Gasteiger partial charge in [0.2, 0.25) is 0 Å². The van der Waals surface area contributed by atoms with Crippen LogP contribution in [0.15, 0.2) is 113 Å². The fraction of sp³-hybridized carbons (Fsp3) is 0.182. The van der Waals surface area contributed by atoms with E-state index < -0.39 is 34.1 Å². The second-order valence-electron chi connectivity index (χ2n) is 10.2. The van der Waals surface area contributed by atoms with Crippen molar-refractivity contribution in [2.45, 2.75) is 37.3 Å². The molecular weight excluding hydrogens is 584 g/mol. The molecule has 0 bridgehead atoms. The van der Waals surface area contributed by atoms with Crippen LogP contribution in [0.4, 0.5) is 4.79 Å². The summed E-state index contributed by atoms with van der Waals surface area (Å²) in [7, 11) is -4.32. The highest BCUT2D eigenvalue weighted by Gasteiger charge is 2.38. The monoisotopic (exact) mass is 614 g/mol. The number of hydrogen-bond acceptors (Lipinski definition) is 7. The molecule has 0 saturated carbocycles. The number of nitrogens with zero attached hydrogens (tertiary/aromatic N) is 1. The van der Waals surface area contributed by atoms with Crippen LogP contribution in [0.25, 0.3) is 10.8 Å². The summed E-state index contributed by atoms with van der Waals surface area (Å²) >= 11 is 0. The Kier molecular flexibility index (Phi) is 8.96. The average molecular weight is 615 g/mol. The molecule has 2 N–H and O–H groups in total. The number of amides is 2. The van der Waals surface area contributed by atoms with E-state index in [0.29, 0.717) is 0 Å². The predicted molar refractivity (Wildman–Crippen MR) is 162 cm³/mol. The van der Waals surface area contributed by atoms with E-state index in [2.05, 4.69) is 5.32 Å². The highest BCUT2D eigenvalue weighted by atomic mass is 32.2. The first-order valence-electron chi connectivity index (χ1n) is 13.9. The summed E-state index contributed by atoms with van der Waals surface area (Å²) in [5.74, 6) is -1.82. The number of urea groups is 1. The van der Waals surface area contributed by atoms with Crippen LogP contribution in [0.2, 0.25) is 0 Å². The lowest BCUT2D eigenvalue weighted by Gasteiger charge is -2.35. The van der Waals surface area contributed by atoms with Crippen LogP contribution >= 0.6 is 0 Å². The van der Waals surface area contributed by atoms with Gasteiger partial charge in [-0.05, 0) is 47.9 Å². The van der Waals surface area contributed by atoms with Gasteiger partial charge in [-0.1, -0.05) is 78.9 Å². The first kappa shape index (κ1) is 30.3. The molecule has 0 fully saturated rings. The maximum absolute atomic E-state index is 13.6. The van der Waals surface area contributed by atoms with Crippen LogP contribution in [0.5, 0.6) is 5.75 Å². The summed E-state index contributed by atoms with van der Waals surface area (Å²) in [4.78, 5) is 39.2. The van der Waals surface area contributed by atoms with Gasteiger partial charge in [0, 0.05) is 24.2 Å². The lowest BCUT2D eigenvalue weighted by Crippen LogP contribution is -2.48.